The predicted octanol–water partition coefficient (Wildman–Crippen LogP) is 2.04. The van der Waals surface area contributed by atoms with Gasteiger partial charge in [0, 0.05) is 36.5 Å². The van der Waals surface area contributed by atoms with Crippen LogP contribution in [0.5, 0.6) is 0 Å². The van der Waals surface area contributed by atoms with Gasteiger partial charge in [0.2, 0.25) is 5.91 Å². The van der Waals surface area contributed by atoms with E-state index in [1.54, 1.807) is 0 Å². The molecule has 2 heterocycles. The number of carbonyl (C=O) groups excluding carboxylic acids is 1. The molecule has 0 spiro atoms. The summed E-state index contributed by atoms with van der Waals surface area (Å²) in [4.78, 5) is 19.2. The van der Waals surface area contributed by atoms with E-state index in [-0.39, 0.29) is 5.91 Å². The Morgan fingerprint density at radius 3 is 2.72 bits per heavy atom. The fourth-order valence-corrected chi connectivity index (χ4v) is 3.60. The highest BCUT2D eigenvalue weighted by Gasteiger charge is 2.32. The van der Waals surface area contributed by atoms with Crippen molar-refractivity contribution < 1.29 is 4.79 Å². The third-order valence-electron chi connectivity index (χ3n) is 5.23. The summed E-state index contributed by atoms with van der Waals surface area (Å²) < 4.78 is 1.88. The van der Waals surface area contributed by atoms with Crippen molar-refractivity contribution >= 4 is 11.6 Å². The SMILES string of the molecule is Cc1cc2nc(C)c(CCC(=O)NC[C@@H](C3CC3)N(C)C)c(C)n2n1. The number of likely N-dealkylation sites (N-methyl/N-ethyl adjacent to an activating group) is 1. The normalized spacial score (nSPS) is 15.8. The maximum atomic E-state index is 12.3. The Morgan fingerprint density at radius 1 is 1.36 bits per heavy atom. The Bertz CT molecular complexity index is 774. The van der Waals surface area contributed by atoms with Crippen LogP contribution in [0, 0.1) is 26.7 Å². The molecular weight excluding hydrogens is 314 g/mol. The summed E-state index contributed by atoms with van der Waals surface area (Å²) in [6.45, 7) is 6.77. The topological polar surface area (TPSA) is 62.5 Å². The number of hydrogen-bond donors (Lipinski definition) is 1. The van der Waals surface area contributed by atoms with Gasteiger partial charge < -0.3 is 10.2 Å². The molecule has 0 radical (unpaired) electrons. The van der Waals surface area contributed by atoms with Gasteiger partial charge in [-0.15, -0.1) is 0 Å². The minimum atomic E-state index is 0.114. The highest BCUT2D eigenvalue weighted by molar-refractivity contribution is 5.76. The first-order valence-corrected chi connectivity index (χ1v) is 9.12. The van der Waals surface area contributed by atoms with Crippen LogP contribution in [0.4, 0.5) is 0 Å². The zero-order valence-electron chi connectivity index (χ0n) is 16.0. The molecule has 3 rings (SSSR count). The standard InChI is InChI=1S/C19H29N5O/c1-12-10-18-21-13(2)16(14(3)24(18)22-12)8-9-19(25)20-11-17(23(4)5)15-6-7-15/h10,15,17H,6-9,11H2,1-5H3,(H,20,25)/t17-/m0/s1. The molecule has 1 aliphatic rings. The van der Waals surface area contributed by atoms with E-state index in [0.29, 0.717) is 18.9 Å². The average Bonchev–Trinajstić information content (AvgIpc) is 3.29. The molecule has 6 heteroatoms. The molecule has 2 aromatic rings. The molecule has 2 aromatic heterocycles. The maximum Gasteiger partial charge on any atom is 0.220 e. The van der Waals surface area contributed by atoms with E-state index in [2.05, 4.69) is 41.3 Å². The van der Waals surface area contributed by atoms with Gasteiger partial charge in [-0.25, -0.2) is 9.50 Å². The van der Waals surface area contributed by atoms with Crippen LogP contribution in [-0.2, 0) is 11.2 Å². The highest BCUT2D eigenvalue weighted by atomic mass is 16.1. The fraction of sp³-hybridized carbons (Fsp3) is 0.632. The molecule has 136 valence electrons. The van der Waals surface area contributed by atoms with Gasteiger partial charge >= 0.3 is 0 Å². The molecular formula is C19H29N5O. The number of hydrogen-bond acceptors (Lipinski definition) is 4. The van der Waals surface area contributed by atoms with Gasteiger partial charge in [-0.3, -0.25) is 4.79 Å². The van der Waals surface area contributed by atoms with E-state index < -0.39 is 0 Å². The summed E-state index contributed by atoms with van der Waals surface area (Å²) in [5.74, 6) is 0.859. The number of aryl methyl sites for hydroxylation is 3. The van der Waals surface area contributed by atoms with Crippen LogP contribution in [0.3, 0.4) is 0 Å². The lowest BCUT2D eigenvalue weighted by atomic mass is 10.1. The average molecular weight is 343 g/mol. The van der Waals surface area contributed by atoms with Crippen molar-refractivity contribution in [3.8, 4) is 0 Å². The van der Waals surface area contributed by atoms with Crippen molar-refractivity contribution in [1.29, 1.82) is 0 Å². The van der Waals surface area contributed by atoms with Crippen LogP contribution in [0.1, 0.15) is 41.9 Å². The Kier molecular flexibility index (Phi) is 5.08. The van der Waals surface area contributed by atoms with Crippen LogP contribution in [0.15, 0.2) is 6.07 Å². The minimum Gasteiger partial charge on any atom is -0.355 e. The van der Waals surface area contributed by atoms with Crippen molar-refractivity contribution in [2.75, 3.05) is 20.6 Å². The van der Waals surface area contributed by atoms with Gasteiger partial charge in [0.1, 0.15) is 0 Å². The quantitative estimate of drug-likeness (QED) is 0.836. The van der Waals surface area contributed by atoms with E-state index in [1.165, 1.54) is 12.8 Å². The minimum absolute atomic E-state index is 0.114. The van der Waals surface area contributed by atoms with Gasteiger partial charge in [0.15, 0.2) is 5.65 Å². The number of nitrogens with one attached hydrogen (secondary N) is 1. The van der Waals surface area contributed by atoms with Gasteiger partial charge in [-0.05, 0) is 65.6 Å². The highest BCUT2D eigenvalue weighted by Crippen LogP contribution is 2.34. The zero-order valence-corrected chi connectivity index (χ0v) is 16.0. The van der Waals surface area contributed by atoms with Crippen molar-refractivity contribution in [1.82, 2.24) is 24.8 Å². The van der Waals surface area contributed by atoms with Gasteiger partial charge in [-0.1, -0.05) is 0 Å². The van der Waals surface area contributed by atoms with Crippen LogP contribution in [-0.4, -0.2) is 52.1 Å². The number of fused-ring (bicyclic) bond motifs is 1. The summed E-state index contributed by atoms with van der Waals surface area (Å²) >= 11 is 0. The first-order valence-electron chi connectivity index (χ1n) is 9.12. The van der Waals surface area contributed by atoms with E-state index in [1.807, 2.05) is 24.4 Å². The van der Waals surface area contributed by atoms with Crippen molar-refractivity contribution in [3.05, 3.63) is 28.7 Å². The van der Waals surface area contributed by atoms with E-state index in [0.717, 1.165) is 40.8 Å². The lowest BCUT2D eigenvalue weighted by molar-refractivity contribution is -0.121. The van der Waals surface area contributed by atoms with Crippen LogP contribution < -0.4 is 5.32 Å². The van der Waals surface area contributed by atoms with Crippen LogP contribution in [0.2, 0.25) is 0 Å². The van der Waals surface area contributed by atoms with E-state index >= 15 is 0 Å². The Balaban J connectivity index is 1.61. The van der Waals surface area contributed by atoms with Crippen molar-refractivity contribution in [2.45, 2.75) is 52.5 Å². The van der Waals surface area contributed by atoms with Gasteiger partial charge in [0.25, 0.3) is 0 Å². The molecule has 1 atom stereocenters. The molecule has 0 saturated heterocycles. The van der Waals surface area contributed by atoms with Gasteiger partial charge in [-0.2, -0.15) is 5.10 Å². The van der Waals surface area contributed by atoms with Crippen molar-refractivity contribution in [3.63, 3.8) is 0 Å². The summed E-state index contributed by atoms with van der Waals surface area (Å²) in [6.07, 6.45) is 3.75. The summed E-state index contributed by atoms with van der Waals surface area (Å²) in [5, 5.41) is 7.61. The Morgan fingerprint density at radius 2 is 2.08 bits per heavy atom. The first-order chi connectivity index (χ1) is 11.9. The van der Waals surface area contributed by atoms with E-state index in [9.17, 15) is 4.79 Å². The van der Waals surface area contributed by atoms with Crippen molar-refractivity contribution in [2.24, 2.45) is 5.92 Å². The number of rotatable bonds is 7. The summed E-state index contributed by atoms with van der Waals surface area (Å²) in [7, 11) is 4.18. The van der Waals surface area contributed by atoms with Crippen LogP contribution >= 0.6 is 0 Å². The lowest BCUT2D eigenvalue weighted by Crippen LogP contribution is -2.41. The second-order valence-electron chi connectivity index (χ2n) is 7.49. The molecule has 1 fully saturated rings. The summed E-state index contributed by atoms with van der Waals surface area (Å²) in [5.41, 5.74) is 5.02. The third-order valence-corrected chi connectivity index (χ3v) is 5.23. The third kappa shape index (κ3) is 4.00. The molecule has 25 heavy (non-hydrogen) atoms. The maximum absolute atomic E-state index is 12.3. The predicted molar refractivity (Wildman–Crippen MR) is 98.7 cm³/mol. The Labute approximate surface area is 149 Å². The van der Waals surface area contributed by atoms with Crippen LogP contribution in [0.25, 0.3) is 5.65 Å². The molecule has 0 unspecified atom stereocenters. The second kappa shape index (κ2) is 7.12. The molecule has 0 aliphatic heterocycles. The monoisotopic (exact) mass is 343 g/mol. The molecule has 1 saturated carbocycles. The molecule has 6 nitrogen and oxygen atoms in total. The first kappa shape index (κ1) is 17.9. The number of carbonyl (C=O) groups is 1. The molecule has 1 aliphatic carbocycles. The second-order valence-corrected chi connectivity index (χ2v) is 7.49. The smallest absolute Gasteiger partial charge is 0.220 e. The largest absolute Gasteiger partial charge is 0.355 e. The van der Waals surface area contributed by atoms with Gasteiger partial charge in [0.05, 0.1) is 5.69 Å². The molecule has 0 bridgehead atoms. The molecule has 1 amide bonds. The van der Waals surface area contributed by atoms with E-state index in [4.69, 9.17) is 0 Å². The molecule has 0 aromatic carbocycles. The number of amides is 1. The summed E-state index contributed by atoms with van der Waals surface area (Å²) in [6, 6.07) is 2.44. The number of nitrogens with zero attached hydrogens (tertiary/aromatic N) is 4. The fourth-order valence-electron chi connectivity index (χ4n) is 3.60. The Hall–Kier alpha value is -1.95. The zero-order chi connectivity index (χ0) is 18.1. The molecule has 1 N–H and O–H groups in total. The lowest BCUT2D eigenvalue weighted by Gasteiger charge is -2.24. The number of aromatic nitrogens is 3.